The Morgan fingerprint density at radius 2 is 2.16 bits per heavy atom. The standard InChI is InChI=1S/C15H17N3O/c1-2-11-5-8-15(19)13(9-11)10-12-3-6-14(7-4-12)17-18-16/h3-4,6-7,10-11H,2,5,8-9H2,1H3. The summed E-state index contributed by atoms with van der Waals surface area (Å²) in [4.78, 5) is 14.6. The summed E-state index contributed by atoms with van der Waals surface area (Å²) in [6.07, 6.45) is 5.65. The summed E-state index contributed by atoms with van der Waals surface area (Å²) in [6.45, 7) is 2.17. The van der Waals surface area contributed by atoms with Crippen molar-refractivity contribution in [1.29, 1.82) is 0 Å². The van der Waals surface area contributed by atoms with E-state index in [1.165, 1.54) is 0 Å². The lowest BCUT2D eigenvalue weighted by Crippen LogP contribution is -2.16. The SMILES string of the molecule is CCC1CCC(=O)C(=Cc2ccc(N=[N+]=[N-])cc2)C1. The van der Waals surface area contributed by atoms with E-state index >= 15 is 0 Å². The number of carbonyl (C=O) groups excluding carboxylic acids is 1. The number of carbonyl (C=O) groups is 1. The first-order chi connectivity index (χ1) is 9.22. The zero-order valence-electron chi connectivity index (χ0n) is 11.0. The van der Waals surface area contributed by atoms with E-state index in [0.29, 0.717) is 18.0 Å². The molecule has 4 heteroatoms. The smallest absolute Gasteiger partial charge is 0.158 e. The maximum atomic E-state index is 11.9. The molecule has 0 spiro atoms. The minimum Gasteiger partial charge on any atom is -0.295 e. The Balaban J connectivity index is 2.19. The van der Waals surface area contributed by atoms with Crippen LogP contribution >= 0.6 is 0 Å². The van der Waals surface area contributed by atoms with Gasteiger partial charge >= 0.3 is 0 Å². The molecule has 1 aliphatic rings. The number of Topliss-reactive ketones (excluding diaryl/α,β-unsaturated/α-hetero) is 1. The van der Waals surface area contributed by atoms with Gasteiger partial charge in [0.15, 0.2) is 5.78 Å². The van der Waals surface area contributed by atoms with E-state index in [2.05, 4.69) is 16.9 Å². The highest BCUT2D eigenvalue weighted by atomic mass is 16.1. The molecule has 0 amide bonds. The zero-order valence-corrected chi connectivity index (χ0v) is 11.0. The number of ketones is 1. The van der Waals surface area contributed by atoms with Crippen molar-refractivity contribution in [2.75, 3.05) is 0 Å². The van der Waals surface area contributed by atoms with Gasteiger partial charge in [0.25, 0.3) is 0 Å². The van der Waals surface area contributed by atoms with Crippen molar-refractivity contribution in [3.05, 3.63) is 45.8 Å². The van der Waals surface area contributed by atoms with Gasteiger partial charge in [-0.25, -0.2) is 0 Å². The van der Waals surface area contributed by atoms with Gasteiger partial charge in [0.1, 0.15) is 0 Å². The zero-order chi connectivity index (χ0) is 13.7. The van der Waals surface area contributed by atoms with E-state index in [9.17, 15) is 4.79 Å². The first-order valence-electron chi connectivity index (χ1n) is 6.62. The lowest BCUT2D eigenvalue weighted by atomic mass is 9.82. The van der Waals surface area contributed by atoms with Crippen LogP contribution in [0.4, 0.5) is 5.69 Å². The maximum Gasteiger partial charge on any atom is 0.158 e. The molecule has 4 nitrogen and oxygen atoms in total. The number of hydrogen-bond donors (Lipinski definition) is 0. The topological polar surface area (TPSA) is 65.8 Å². The predicted octanol–water partition coefficient (Wildman–Crippen LogP) is 4.79. The molecule has 98 valence electrons. The molecule has 0 N–H and O–H groups in total. The molecule has 19 heavy (non-hydrogen) atoms. The Labute approximate surface area is 112 Å². The minimum absolute atomic E-state index is 0.267. The molecule has 1 aromatic carbocycles. The molecule has 0 bridgehead atoms. The Hall–Kier alpha value is -2.06. The molecule has 0 aromatic heterocycles. The normalized spacial score (nSPS) is 21.2. The fourth-order valence-electron chi connectivity index (χ4n) is 2.40. The van der Waals surface area contributed by atoms with Crippen LogP contribution in [-0.2, 0) is 4.79 Å². The second-order valence-corrected chi connectivity index (χ2v) is 4.89. The van der Waals surface area contributed by atoms with Crippen LogP contribution in [0.5, 0.6) is 0 Å². The molecule has 1 aliphatic carbocycles. The molecule has 2 rings (SSSR count). The second kappa shape index (κ2) is 6.21. The van der Waals surface area contributed by atoms with Crippen molar-refractivity contribution in [3.63, 3.8) is 0 Å². The number of hydrogen-bond acceptors (Lipinski definition) is 2. The summed E-state index contributed by atoms with van der Waals surface area (Å²) in [5.74, 6) is 0.898. The molecule has 0 saturated heterocycles. The maximum absolute atomic E-state index is 11.9. The van der Waals surface area contributed by atoms with Crippen LogP contribution in [0, 0.1) is 5.92 Å². The first-order valence-corrected chi connectivity index (χ1v) is 6.62. The van der Waals surface area contributed by atoms with Crippen LogP contribution in [0.25, 0.3) is 16.5 Å². The molecular formula is C15H17N3O. The highest BCUT2D eigenvalue weighted by Crippen LogP contribution is 2.29. The number of nitrogens with zero attached hydrogens (tertiary/aromatic N) is 3. The molecule has 0 heterocycles. The van der Waals surface area contributed by atoms with Gasteiger partial charge in [-0.15, -0.1) is 0 Å². The van der Waals surface area contributed by atoms with E-state index in [1.807, 2.05) is 18.2 Å². The highest BCUT2D eigenvalue weighted by Gasteiger charge is 2.21. The van der Waals surface area contributed by atoms with Crippen molar-refractivity contribution >= 4 is 17.5 Å². The third-order valence-electron chi connectivity index (χ3n) is 3.62. The Morgan fingerprint density at radius 1 is 1.42 bits per heavy atom. The molecule has 0 aliphatic heterocycles. The van der Waals surface area contributed by atoms with Crippen LogP contribution in [0.2, 0.25) is 0 Å². The van der Waals surface area contributed by atoms with Crippen LogP contribution in [0.3, 0.4) is 0 Å². The van der Waals surface area contributed by atoms with Gasteiger partial charge in [-0.1, -0.05) is 42.7 Å². The van der Waals surface area contributed by atoms with E-state index < -0.39 is 0 Å². The quantitative estimate of drug-likeness (QED) is 0.331. The summed E-state index contributed by atoms with van der Waals surface area (Å²) >= 11 is 0. The second-order valence-electron chi connectivity index (χ2n) is 4.89. The van der Waals surface area contributed by atoms with Crippen LogP contribution in [-0.4, -0.2) is 5.78 Å². The fraction of sp³-hybridized carbons (Fsp3) is 0.400. The molecule has 1 saturated carbocycles. The van der Waals surface area contributed by atoms with E-state index in [0.717, 1.165) is 30.4 Å². The van der Waals surface area contributed by atoms with Gasteiger partial charge in [0.05, 0.1) is 0 Å². The largest absolute Gasteiger partial charge is 0.295 e. The first kappa shape index (κ1) is 13.4. The number of benzene rings is 1. The van der Waals surface area contributed by atoms with E-state index in [1.54, 1.807) is 12.1 Å². The molecular weight excluding hydrogens is 238 g/mol. The third kappa shape index (κ3) is 3.46. The summed E-state index contributed by atoms with van der Waals surface area (Å²) in [5.41, 5.74) is 10.8. The van der Waals surface area contributed by atoms with Gasteiger partial charge < -0.3 is 0 Å². The lowest BCUT2D eigenvalue weighted by molar-refractivity contribution is -0.116. The Bertz CT molecular complexity index is 539. The summed E-state index contributed by atoms with van der Waals surface area (Å²) in [6, 6.07) is 7.27. The van der Waals surface area contributed by atoms with Gasteiger partial charge in [-0.05, 0) is 41.5 Å². The van der Waals surface area contributed by atoms with Crippen LogP contribution in [0.1, 0.15) is 38.2 Å². The van der Waals surface area contributed by atoms with Gasteiger partial charge in [-0.2, -0.15) is 0 Å². The average Bonchev–Trinajstić information content (AvgIpc) is 2.44. The van der Waals surface area contributed by atoms with Gasteiger partial charge in [-0.3, -0.25) is 4.79 Å². The van der Waals surface area contributed by atoms with Crippen molar-refractivity contribution < 1.29 is 4.79 Å². The minimum atomic E-state index is 0.267. The molecule has 1 atom stereocenters. The molecule has 1 aromatic rings. The molecule has 1 fully saturated rings. The van der Waals surface area contributed by atoms with Crippen molar-refractivity contribution in [1.82, 2.24) is 0 Å². The summed E-state index contributed by atoms with van der Waals surface area (Å²) in [7, 11) is 0. The van der Waals surface area contributed by atoms with Gasteiger partial charge in [0.2, 0.25) is 0 Å². The Morgan fingerprint density at radius 3 is 2.79 bits per heavy atom. The van der Waals surface area contributed by atoms with Crippen LogP contribution in [0.15, 0.2) is 35.0 Å². The molecule has 0 radical (unpaired) electrons. The summed E-state index contributed by atoms with van der Waals surface area (Å²) < 4.78 is 0. The number of azide groups is 1. The highest BCUT2D eigenvalue weighted by molar-refractivity contribution is 6.00. The predicted molar refractivity (Wildman–Crippen MR) is 75.9 cm³/mol. The van der Waals surface area contributed by atoms with Gasteiger partial charge in [0, 0.05) is 17.0 Å². The summed E-state index contributed by atoms with van der Waals surface area (Å²) in [5, 5.41) is 3.53. The lowest BCUT2D eigenvalue weighted by Gasteiger charge is -2.21. The monoisotopic (exact) mass is 255 g/mol. The van der Waals surface area contributed by atoms with Crippen LogP contribution < -0.4 is 0 Å². The Kier molecular flexibility index (Phi) is 4.37. The third-order valence-corrected chi connectivity index (χ3v) is 3.62. The van der Waals surface area contributed by atoms with Crippen molar-refractivity contribution in [2.24, 2.45) is 11.0 Å². The van der Waals surface area contributed by atoms with E-state index in [-0.39, 0.29) is 5.78 Å². The fourth-order valence-corrected chi connectivity index (χ4v) is 2.40. The van der Waals surface area contributed by atoms with Crippen molar-refractivity contribution in [3.8, 4) is 0 Å². The molecule has 1 unspecified atom stereocenters. The average molecular weight is 255 g/mol. The number of allylic oxidation sites excluding steroid dienone is 1. The number of rotatable bonds is 3. The van der Waals surface area contributed by atoms with Crippen molar-refractivity contribution in [2.45, 2.75) is 32.6 Å². The van der Waals surface area contributed by atoms with E-state index in [4.69, 9.17) is 5.53 Å².